The Hall–Kier alpha value is -2.80. The van der Waals surface area contributed by atoms with Crippen molar-refractivity contribution >= 4 is 17.5 Å². The van der Waals surface area contributed by atoms with E-state index in [1.165, 1.54) is 23.1 Å². The Bertz CT molecular complexity index is 853. The molecule has 0 saturated heterocycles. The lowest BCUT2D eigenvalue weighted by atomic mass is 10.1. The Morgan fingerprint density at radius 3 is 2.88 bits per heavy atom. The molecule has 122 valence electrons. The van der Waals surface area contributed by atoms with E-state index in [4.69, 9.17) is 11.6 Å². The molecule has 0 fully saturated rings. The van der Waals surface area contributed by atoms with E-state index < -0.39 is 0 Å². The van der Waals surface area contributed by atoms with E-state index in [1.54, 1.807) is 24.3 Å². The number of carbonyl (C=O) groups excluding carboxylic acids is 1. The lowest BCUT2D eigenvalue weighted by molar-refractivity contribution is 0.0954. The molecule has 3 rings (SSSR count). The van der Waals surface area contributed by atoms with E-state index in [1.807, 2.05) is 6.07 Å². The highest BCUT2D eigenvalue weighted by Crippen LogP contribution is 2.19. The zero-order chi connectivity index (χ0) is 16.9. The summed E-state index contributed by atoms with van der Waals surface area (Å²) in [6.07, 6.45) is 1.91. The van der Waals surface area contributed by atoms with Crippen LogP contribution in [0.4, 0.5) is 4.39 Å². The fourth-order valence-electron chi connectivity index (χ4n) is 2.27. The monoisotopic (exact) mass is 345 g/mol. The van der Waals surface area contributed by atoms with Gasteiger partial charge in [0, 0.05) is 11.6 Å². The Morgan fingerprint density at radius 1 is 1.25 bits per heavy atom. The van der Waals surface area contributed by atoms with E-state index in [0.29, 0.717) is 29.2 Å². The van der Waals surface area contributed by atoms with E-state index in [2.05, 4.69) is 20.8 Å². The van der Waals surface area contributed by atoms with Gasteiger partial charge in [0.1, 0.15) is 12.1 Å². The summed E-state index contributed by atoms with van der Waals surface area (Å²) in [4.78, 5) is 12.4. The summed E-state index contributed by atoms with van der Waals surface area (Å²) in [5.74, 6) is -0.578. The SMILES string of the molecule is O=C(NCCc1cccc(F)c1)c1ccc(Cl)cc1-n1cnnn1. The van der Waals surface area contributed by atoms with Crippen LogP contribution in [-0.4, -0.2) is 32.7 Å². The molecule has 0 unspecified atom stereocenters. The van der Waals surface area contributed by atoms with Crippen LogP contribution in [0.3, 0.4) is 0 Å². The molecule has 1 heterocycles. The molecule has 6 nitrogen and oxygen atoms in total. The first-order chi connectivity index (χ1) is 11.6. The van der Waals surface area contributed by atoms with Gasteiger partial charge in [-0.25, -0.2) is 4.39 Å². The summed E-state index contributed by atoms with van der Waals surface area (Å²) in [6.45, 7) is 0.375. The van der Waals surface area contributed by atoms with Gasteiger partial charge in [-0.1, -0.05) is 23.7 Å². The molecular weight excluding hydrogens is 333 g/mol. The van der Waals surface area contributed by atoms with Crippen LogP contribution in [0, 0.1) is 5.82 Å². The third-order valence-corrected chi connectivity index (χ3v) is 3.62. The van der Waals surface area contributed by atoms with Crippen molar-refractivity contribution in [2.45, 2.75) is 6.42 Å². The molecule has 2 aromatic carbocycles. The highest BCUT2D eigenvalue weighted by molar-refractivity contribution is 6.31. The van der Waals surface area contributed by atoms with Crippen molar-refractivity contribution in [3.05, 3.63) is 70.8 Å². The maximum Gasteiger partial charge on any atom is 0.253 e. The number of halogens is 2. The lowest BCUT2D eigenvalue weighted by Crippen LogP contribution is -2.27. The predicted molar refractivity (Wildman–Crippen MR) is 86.6 cm³/mol. The van der Waals surface area contributed by atoms with Crippen molar-refractivity contribution in [3.63, 3.8) is 0 Å². The normalized spacial score (nSPS) is 10.6. The van der Waals surface area contributed by atoms with Gasteiger partial charge in [0.2, 0.25) is 0 Å². The van der Waals surface area contributed by atoms with Crippen LogP contribution in [-0.2, 0) is 6.42 Å². The molecule has 0 bridgehead atoms. The minimum atomic E-state index is -0.294. The standard InChI is InChI=1S/C16H13ClFN5O/c17-12-4-5-14(15(9-12)23-10-20-21-22-23)16(24)19-7-6-11-2-1-3-13(18)8-11/h1-5,8-10H,6-7H2,(H,19,24). The summed E-state index contributed by atoms with van der Waals surface area (Å²) >= 11 is 5.99. The second kappa shape index (κ2) is 7.18. The van der Waals surface area contributed by atoms with Crippen LogP contribution >= 0.6 is 11.6 Å². The summed E-state index contributed by atoms with van der Waals surface area (Å²) in [5.41, 5.74) is 1.69. The Labute approximate surface area is 142 Å². The van der Waals surface area contributed by atoms with Gasteiger partial charge in [-0.2, -0.15) is 4.68 Å². The molecule has 0 aliphatic rings. The first-order valence-corrected chi connectivity index (χ1v) is 7.57. The minimum Gasteiger partial charge on any atom is -0.352 e. The molecule has 0 saturated carbocycles. The Balaban J connectivity index is 1.71. The number of aromatic nitrogens is 4. The maximum absolute atomic E-state index is 13.1. The number of amides is 1. The number of hydrogen-bond donors (Lipinski definition) is 1. The highest BCUT2D eigenvalue weighted by Gasteiger charge is 2.14. The largest absolute Gasteiger partial charge is 0.352 e. The number of nitrogens with one attached hydrogen (secondary N) is 1. The van der Waals surface area contributed by atoms with Crippen LogP contribution < -0.4 is 5.32 Å². The Morgan fingerprint density at radius 2 is 2.12 bits per heavy atom. The van der Waals surface area contributed by atoms with E-state index in [-0.39, 0.29) is 11.7 Å². The fourth-order valence-corrected chi connectivity index (χ4v) is 2.43. The van der Waals surface area contributed by atoms with Crippen LogP contribution in [0.5, 0.6) is 0 Å². The zero-order valence-electron chi connectivity index (χ0n) is 12.5. The van der Waals surface area contributed by atoms with Gasteiger partial charge in [-0.3, -0.25) is 4.79 Å². The molecular formula is C16H13ClFN5O. The molecule has 24 heavy (non-hydrogen) atoms. The molecule has 0 spiro atoms. The van der Waals surface area contributed by atoms with Crippen molar-refractivity contribution in [2.24, 2.45) is 0 Å². The molecule has 0 aliphatic carbocycles. The number of rotatable bonds is 5. The van der Waals surface area contributed by atoms with E-state index >= 15 is 0 Å². The van der Waals surface area contributed by atoms with Crippen molar-refractivity contribution < 1.29 is 9.18 Å². The van der Waals surface area contributed by atoms with Crippen molar-refractivity contribution in [2.75, 3.05) is 6.54 Å². The first kappa shape index (κ1) is 16.1. The molecule has 1 N–H and O–H groups in total. The number of nitrogens with zero attached hydrogens (tertiary/aromatic N) is 4. The number of carbonyl (C=O) groups is 1. The van der Waals surface area contributed by atoms with Crippen molar-refractivity contribution in [3.8, 4) is 5.69 Å². The third-order valence-electron chi connectivity index (χ3n) is 3.39. The second-order valence-electron chi connectivity index (χ2n) is 5.05. The number of hydrogen-bond acceptors (Lipinski definition) is 4. The molecule has 1 amide bonds. The fraction of sp³-hybridized carbons (Fsp3) is 0.125. The van der Waals surface area contributed by atoms with Gasteiger partial charge in [0.25, 0.3) is 5.91 Å². The summed E-state index contributed by atoms with van der Waals surface area (Å²) < 4.78 is 14.5. The third kappa shape index (κ3) is 3.75. The molecule has 8 heteroatoms. The highest BCUT2D eigenvalue weighted by atomic mass is 35.5. The van der Waals surface area contributed by atoms with Gasteiger partial charge >= 0.3 is 0 Å². The van der Waals surface area contributed by atoms with Gasteiger partial charge in [0.15, 0.2) is 0 Å². The van der Waals surface area contributed by atoms with Crippen molar-refractivity contribution in [1.29, 1.82) is 0 Å². The van der Waals surface area contributed by atoms with Gasteiger partial charge in [0.05, 0.1) is 11.3 Å². The second-order valence-corrected chi connectivity index (χ2v) is 5.49. The number of tetrazole rings is 1. The molecule has 1 aromatic heterocycles. The minimum absolute atomic E-state index is 0.284. The Kier molecular flexibility index (Phi) is 4.81. The van der Waals surface area contributed by atoms with Gasteiger partial charge in [-0.05, 0) is 52.7 Å². The zero-order valence-corrected chi connectivity index (χ0v) is 13.2. The molecule has 0 aliphatic heterocycles. The summed E-state index contributed by atoms with van der Waals surface area (Å²) in [6, 6.07) is 11.1. The molecule has 0 atom stereocenters. The van der Waals surface area contributed by atoms with Crippen LogP contribution in [0.25, 0.3) is 5.69 Å². The number of benzene rings is 2. The van der Waals surface area contributed by atoms with E-state index in [9.17, 15) is 9.18 Å². The average molecular weight is 346 g/mol. The predicted octanol–water partition coefficient (Wildman–Crippen LogP) is 2.43. The van der Waals surface area contributed by atoms with Gasteiger partial charge < -0.3 is 5.32 Å². The molecule has 0 radical (unpaired) electrons. The van der Waals surface area contributed by atoms with Crippen LogP contribution in [0.15, 0.2) is 48.8 Å². The topological polar surface area (TPSA) is 72.7 Å². The maximum atomic E-state index is 13.1. The summed E-state index contributed by atoms with van der Waals surface area (Å²) in [5, 5.41) is 14.2. The van der Waals surface area contributed by atoms with Gasteiger partial charge in [-0.15, -0.1) is 5.10 Å². The van der Waals surface area contributed by atoms with E-state index in [0.717, 1.165) is 5.56 Å². The average Bonchev–Trinajstić information content (AvgIpc) is 3.09. The van der Waals surface area contributed by atoms with Crippen molar-refractivity contribution in [1.82, 2.24) is 25.5 Å². The van der Waals surface area contributed by atoms with Crippen LogP contribution in [0.1, 0.15) is 15.9 Å². The smallest absolute Gasteiger partial charge is 0.253 e. The van der Waals surface area contributed by atoms with Crippen LogP contribution in [0.2, 0.25) is 5.02 Å². The summed E-state index contributed by atoms with van der Waals surface area (Å²) in [7, 11) is 0. The lowest BCUT2D eigenvalue weighted by Gasteiger charge is -2.10. The quantitative estimate of drug-likeness (QED) is 0.770. The molecule has 3 aromatic rings. The first-order valence-electron chi connectivity index (χ1n) is 7.19.